The molecule has 0 aliphatic rings. The largest absolute Gasteiger partial charge is 0.457 e. The maximum atomic E-state index is 12.8. The molecular weight excluding hydrogens is 360 g/mol. The van der Waals surface area contributed by atoms with Crippen LogP contribution in [0.4, 0.5) is 11.4 Å². The normalized spacial score (nSPS) is 10.2. The van der Waals surface area contributed by atoms with Gasteiger partial charge in [0.25, 0.3) is 11.6 Å². The van der Waals surface area contributed by atoms with Crippen molar-refractivity contribution < 1.29 is 19.2 Å². The lowest BCUT2D eigenvalue weighted by atomic mass is 10.1. The monoisotopic (exact) mass is 376 g/mol. The lowest BCUT2D eigenvalue weighted by Crippen LogP contribution is -2.15. The Morgan fingerprint density at radius 3 is 2.14 bits per heavy atom. The summed E-state index contributed by atoms with van der Waals surface area (Å²) in [7, 11) is 0. The summed E-state index contributed by atoms with van der Waals surface area (Å²) in [6.07, 6.45) is 0. The van der Waals surface area contributed by atoms with Gasteiger partial charge in [0.2, 0.25) is 0 Å². The number of nitrogens with one attached hydrogen (secondary N) is 1. The number of hydrogen-bond acceptors (Lipinski definition) is 5. The van der Waals surface area contributed by atoms with Crippen LogP contribution < -0.4 is 10.1 Å². The van der Waals surface area contributed by atoms with Crippen LogP contribution in [0.15, 0.2) is 72.8 Å². The highest BCUT2D eigenvalue weighted by Gasteiger charge is 2.16. The first-order valence-electron chi connectivity index (χ1n) is 8.38. The number of hydrogen-bond donors (Lipinski definition) is 1. The van der Waals surface area contributed by atoms with Crippen molar-refractivity contribution in [3.63, 3.8) is 0 Å². The van der Waals surface area contributed by atoms with Crippen molar-refractivity contribution in [2.24, 2.45) is 0 Å². The number of para-hydroxylation sites is 2. The molecule has 0 heterocycles. The fraction of sp³-hybridized carbons (Fsp3) is 0.0476. The summed E-state index contributed by atoms with van der Waals surface area (Å²) < 4.78 is 5.73. The van der Waals surface area contributed by atoms with Gasteiger partial charge >= 0.3 is 0 Å². The van der Waals surface area contributed by atoms with Gasteiger partial charge in [-0.2, -0.15) is 0 Å². The number of Topliss-reactive ketones (excluding diaryl/α,β-unsaturated/α-hetero) is 1. The van der Waals surface area contributed by atoms with E-state index in [0.717, 1.165) is 0 Å². The molecule has 28 heavy (non-hydrogen) atoms. The average molecular weight is 376 g/mol. The molecule has 1 N–H and O–H groups in total. The number of non-ortho nitro benzene ring substituents is 1. The first-order valence-corrected chi connectivity index (χ1v) is 8.38. The predicted molar refractivity (Wildman–Crippen MR) is 104 cm³/mol. The molecule has 1 amide bonds. The van der Waals surface area contributed by atoms with E-state index in [1.165, 1.54) is 31.2 Å². The van der Waals surface area contributed by atoms with Crippen LogP contribution in [0.2, 0.25) is 0 Å². The number of nitro benzene ring substituents is 1. The summed E-state index contributed by atoms with van der Waals surface area (Å²) in [5, 5.41) is 13.5. The summed E-state index contributed by atoms with van der Waals surface area (Å²) in [5.41, 5.74) is 1.02. The highest BCUT2D eigenvalue weighted by atomic mass is 16.6. The molecule has 0 bridgehead atoms. The van der Waals surface area contributed by atoms with Gasteiger partial charge in [-0.3, -0.25) is 19.7 Å². The van der Waals surface area contributed by atoms with Crippen LogP contribution >= 0.6 is 0 Å². The number of anilines is 1. The summed E-state index contributed by atoms with van der Waals surface area (Å²) in [4.78, 5) is 34.7. The summed E-state index contributed by atoms with van der Waals surface area (Å²) in [6.45, 7) is 1.43. The molecule has 3 aromatic carbocycles. The Morgan fingerprint density at radius 1 is 0.893 bits per heavy atom. The van der Waals surface area contributed by atoms with Gasteiger partial charge in [-0.15, -0.1) is 0 Å². The molecule has 0 radical (unpaired) electrons. The number of nitrogens with zero attached hydrogens (tertiary/aromatic N) is 1. The number of rotatable bonds is 6. The minimum atomic E-state index is -0.502. The average Bonchev–Trinajstić information content (AvgIpc) is 2.69. The van der Waals surface area contributed by atoms with Crippen LogP contribution in [0.5, 0.6) is 11.5 Å². The lowest BCUT2D eigenvalue weighted by Gasteiger charge is -2.13. The van der Waals surface area contributed by atoms with Crippen molar-refractivity contribution in [3.05, 3.63) is 94.0 Å². The number of carbonyl (C=O) groups excluding carboxylic acids is 2. The number of ether oxygens (including phenoxy) is 1. The van der Waals surface area contributed by atoms with E-state index < -0.39 is 10.8 Å². The van der Waals surface area contributed by atoms with Crippen LogP contribution in [0.1, 0.15) is 27.6 Å². The molecule has 0 atom stereocenters. The minimum absolute atomic E-state index is 0.0563. The van der Waals surface area contributed by atoms with Crippen molar-refractivity contribution in [2.45, 2.75) is 6.92 Å². The summed E-state index contributed by atoms with van der Waals surface area (Å²) in [5.74, 6) is 0.0432. The Labute approximate surface area is 160 Å². The van der Waals surface area contributed by atoms with Crippen LogP contribution in [0, 0.1) is 10.1 Å². The molecule has 0 unspecified atom stereocenters. The van der Waals surface area contributed by atoms with Crippen molar-refractivity contribution in [3.8, 4) is 11.5 Å². The number of amides is 1. The Bertz CT molecular complexity index is 1040. The van der Waals surface area contributed by atoms with Crippen LogP contribution in [0.25, 0.3) is 0 Å². The number of carbonyl (C=O) groups is 2. The molecule has 3 aromatic rings. The Hall–Kier alpha value is -4.00. The topological polar surface area (TPSA) is 98.5 Å². The van der Waals surface area contributed by atoms with Crippen molar-refractivity contribution >= 4 is 23.1 Å². The Morgan fingerprint density at radius 2 is 1.50 bits per heavy atom. The first-order chi connectivity index (χ1) is 13.5. The van der Waals surface area contributed by atoms with Gasteiger partial charge in [0, 0.05) is 17.7 Å². The van der Waals surface area contributed by atoms with E-state index in [2.05, 4.69) is 5.32 Å². The molecule has 0 spiro atoms. The summed E-state index contributed by atoms with van der Waals surface area (Å²) in [6, 6.07) is 18.9. The predicted octanol–water partition coefficient (Wildman–Crippen LogP) is 4.84. The third-order valence-corrected chi connectivity index (χ3v) is 3.96. The second-order valence-corrected chi connectivity index (χ2v) is 5.91. The molecule has 3 rings (SSSR count). The van der Waals surface area contributed by atoms with Gasteiger partial charge in [-0.25, -0.2) is 0 Å². The number of ketones is 1. The SMILES string of the molecule is CC(=O)c1ccccc1NC(=O)c1ccccc1Oc1ccc([N+](=O)[O-])cc1. The smallest absolute Gasteiger partial charge is 0.269 e. The standard InChI is InChI=1S/C21H16N2O5/c1-14(24)17-6-2-4-8-19(17)22-21(25)18-7-3-5-9-20(18)28-16-12-10-15(11-13-16)23(26)27/h2-13H,1H3,(H,22,25). The summed E-state index contributed by atoms with van der Waals surface area (Å²) >= 11 is 0. The first kappa shape index (κ1) is 18.8. The van der Waals surface area contributed by atoms with Crippen molar-refractivity contribution in [1.82, 2.24) is 0 Å². The highest BCUT2D eigenvalue weighted by Crippen LogP contribution is 2.28. The van der Waals surface area contributed by atoms with Gasteiger partial charge in [-0.1, -0.05) is 24.3 Å². The minimum Gasteiger partial charge on any atom is -0.457 e. The molecule has 0 aliphatic carbocycles. The van der Waals surface area contributed by atoms with E-state index in [0.29, 0.717) is 17.0 Å². The van der Waals surface area contributed by atoms with Gasteiger partial charge in [0.05, 0.1) is 16.2 Å². The van der Waals surface area contributed by atoms with Gasteiger partial charge in [0.1, 0.15) is 11.5 Å². The molecule has 0 fully saturated rings. The Balaban J connectivity index is 1.85. The fourth-order valence-corrected chi connectivity index (χ4v) is 2.59. The van der Waals surface area contributed by atoms with Crippen LogP contribution in [-0.4, -0.2) is 16.6 Å². The second-order valence-electron chi connectivity index (χ2n) is 5.91. The molecule has 7 nitrogen and oxygen atoms in total. The maximum Gasteiger partial charge on any atom is 0.269 e. The van der Waals surface area contributed by atoms with Crippen molar-refractivity contribution in [1.29, 1.82) is 0 Å². The molecule has 140 valence electrons. The third-order valence-electron chi connectivity index (χ3n) is 3.96. The van der Waals surface area contributed by atoms with E-state index in [1.54, 1.807) is 48.5 Å². The molecule has 0 aromatic heterocycles. The fourth-order valence-electron chi connectivity index (χ4n) is 2.59. The van der Waals surface area contributed by atoms with E-state index in [4.69, 9.17) is 4.74 Å². The molecule has 0 saturated carbocycles. The molecule has 7 heteroatoms. The maximum absolute atomic E-state index is 12.8. The zero-order valence-corrected chi connectivity index (χ0v) is 14.9. The molecule has 0 aliphatic heterocycles. The quantitative estimate of drug-likeness (QED) is 0.377. The Kier molecular flexibility index (Phi) is 5.45. The van der Waals surface area contributed by atoms with Crippen LogP contribution in [-0.2, 0) is 0 Å². The zero-order valence-electron chi connectivity index (χ0n) is 14.9. The second kappa shape index (κ2) is 8.13. The van der Waals surface area contributed by atoms with Gasteiger partial charge in [-0.05, 0) is 43.3 Å². The zero-order chi connectivity index (χ0) is 20.1. The van der Waals surface area contributed by atoms with Gasteiger partial charge in [0.15, 0.2) is 5.78 Å². The molecular formula is C21H16N2O5. The van der Waals surface area contributed by atoms with Crippen molar-refractivity contribution in [2.75, 3.05) is 5.32 Å². The molecule has 0 saturated heterocycles. The van der Waals surface area contributed by atoms with E-state index >= 15 is 0 Å². The van der Waals surface area contributed by atoms with E-state index in [-0.39, 0.29) is 22.8 Å². The van der Waals surface area contributed by atoms with Crippen LogP contribution in [0.3, 0.4) is 0 Å². The van der Waals surface area contributed by atoms with E-state index in [9.17, 15) is 19.7 Å². The highest BCUT2D eigenvalue weighted by molar-refractivity contribution is 6.10. The van der Waals surface area contributed by atoms with E-state index in [1.807, 2.05) is 0 Å². The lowest BCUT2D eigenvalue weighted by molar-refractivity contribution is -0.384. The number of nitro groups is 1. The number of benzene rings is 3. The van der Waals surface area contributed by atoms with Gasteiger partial charge < -0.3 is 10.1 Å². The third kappa shape index (κ3) is 4.21.